The first-order valence-corrected chi connectivity index (χ1v) is 15.9. The van der Waals surface area contributed by atoms with E-state index in [4.69, 9.17) is 9.47 Å². The predicted octanol–water partition coefficient (Wildman–Crippen LogP) is 4.27. The third kappa shape index (κ3) is 3.65. The molecule has 4 amide bonds. The highest BCUT2D eigenvalue weighted by Crippen LogP contribution is 2.60. The number of carbonyl (C=O) groups is 4. The SMILES string of the molecule is COc1ccc(N2C(=O)[C@@H]3[C@@H](C2=O)N2[C@@H](c4cccs4)[C@@H]4C(=O)N(c5ccc(OC)cc5)C(=O)[C@@H]4N2[C@@H]3c2cccs2)cc1. The van der Waals surface area contributed by atoms with Gasteiger partial charge in [0.05, 0.1) is 49.5 Å². The maximum Gasteiger partial charge on any atom is 0.253 e. The molecule has 4 fully saturated rings. The van der Waals surface area contributed by atoms with E-state index in [2.05, 4.69) is 0 Å². The number of hydrogen-bond donors (Lipinski definition) is 0. The number of methoxy groups -OCH3 is 2. The van der Waals surface area contributed by atoms with Crippen molar-refractivity contribution in [1.82, 2.24) is 10.0 Å². The highest BCUT2D eigenvalue weighted by Gasteiger charge is 2.74. The van der Waals surface area contributed by atoms with Crippen molar-refractivity contribution in [2.24, 2.45) is 11.8 Å². The standard InChI is InChI=1S/C32H26N4O6S2/c1-41-19-11-7-17(8-12-19)33-29(37)23-25(21-5-3-15-43-21)36-28-24(26(22-6-4-16-44-22)35(36)27(23)31(33)39)30(38)34(32(28)40)18-9-13-20(42-2)14-10-18/h3-16,23-28H,1-2H3/t23-,24-,25-,26+,27+,28-/m0/s1. The van der Waals surface area contributed by atoms with E-state index in [1.54, 1.807) is 62.8 Å². The van der Waals surface area contributed by atoms with Crippen LogP contribution < -0.4 is 19.3 Å². The second kappa shape index (κ2) is 10.1. The van der Waals surface area contributed by atoms with Crippen molar-refractivity contribution < 1.29 is 28.7 Å². The van der Waals surface area contributed by atoms with Crippen molar-refractivity contribution in [2.75, 3.05) is 24.0 Å². The van der Waals surface area contributed by atoms with Crippen molar-refractivity contribution in [3.8, 4) is 11.5 Å². The lowest BCUT2D eigenvalue weighted by molar-refractivity contribution is -0.135. The fraction of sp³-hybridized carbons (Fsp3) is 0.250. The van der Waals surface area contributed by atoms with Crippen molar-refractivity contribution in [2.45, 2.75) is 24.2 Å². The summed E-state index contributed by atoms with van der Waals surface area (Å²) in [5.41, 5.74) is 0.910. The van der Waals surface area contributed by atoms with Crippen LogP contribution in [0.5, 0.6) is 11.5 Å². The predicted molar refractivity (Wildman–Crippen MR) is 163 cm³/mol. The molecule has 4 saturated heterocycles. The number of anilines is 2. The Bertz CT molecular complexity index is 1640. The molecule has 8 rings (SSSR count). The molecule has 0 N–H and O–H groups in total. The molecule has 0 unspecified atom stereocenters. The first-order chi connectivity index (χ1) is 21.4. The maximum atomic E-state index is 14.4. The zero-order valence-corrected chi connectivity index (χ0v) is 25.2. The van der Waals surface area contributed by atoms with Gasteiger partial charge in [-0.3, -0.25) is 19.2 Å². The summed E-state index contributed by atoms with van der Waals surface area (Å²) < 4.78 is 10.6. The average Bonchev–Trinajstić information content (AvgIpc) is 3.88. The molecule has 0 spiro atoms. The number of benzene rings is 2. The van der Waals surface area contributed by atoms with Crippen LogP contribution in [-0.4, -0.2) is 59.9 Å². The Hall–Kier alpha value is -4.36. The molecule has 0 aliphatic carbocycles. The van der Waals surface area contributed by atoms with Crippen LogP contribution in [0.3, 0.4) is 0 Å². The van der Waals surface area contributed by atoms with E-state index in [0.29, 0.717) is 22.9 Å². The number of carbonyl (C=O) groups excluding carboxylic acids is 4. The lowest BCUT2D eigenvalue weighted by Gasteiger charge is -2.35. The number of hydrogen-bond acceptors (Lipinski definition) is 10. The van der Waals surface area contributed by atoms with Crippen LogP contribution >= 0.6 is 22.7 Å². The molecule has 6 heterocycles. The highest BCUT2D eigenvalue weighted by molar-refractivity contribution is 7.10. The normalized spacial score (nSPS) is 28.1. The molecular formula is C32H26N4O6S2. The second-order valence-electron chi connectivity index (χ2n) is 11.0. The Morgan fingerprint density at radius 2 is 0.909 bits per heavy atom. The number of imide groups is 2. The van der Waals surface area contributed by atoms with Gasteiger partial charge in [0, 0.05) is 9.75 Å². The minimum Gasteiger partial charge on any atom is -0.497 e. The number of hydrazine groups is 1. The molecule has 0 radical (unpaired) electrons. The van der Waals surface area contributed by atoms with Crippen LogP contribution in [0.15, 0.2) is 83.6 Å². The quantitative estimate of drug-likeness (QED) is 0.293. The van der Waals surface area contributed by atoms with Crippen LogP contribution in [0.2, 0.25) is 0 Å². The second-order valence-corrected chi connectivity index (χ2v) is 13.0. The molecule has 2 aromatic carbocycles. The van der Waals surface area contributed by atoms with E-state index in [1.165, 1.54) is 32.5 Å². The molecule has 10 nitrogen and oxygen atoms in total. The van der Waals surface area contributed by atoms with Gasteiger partial charge in [-0.2, -0.15) is 0 Å². The van der Waals surface area contributed by atoms with Gasteiger partial charge in [0.25, 0.3) is 11.8 Å². The smallest absolute Gasteiger partial charge is 0.253 e. The van der Waals surface area contributed by atoms with Crippen molar-refractivity contribution in [3.63, 3.8) is 0 Å². The Morgan fingerprint density at radius 1 is 0.523 bits per heavy atom. The minimum absolute atomic E-state index is 0.330. The molecule has 4 aliphatic heterocycles. The lowest BCUT2D eigenvalue weighted by atomic mass is 9.88. The summed E-state index contributed by atoms with van der Waals surface area (Å²) in [6.07, 6.45) is 0. The number of thiophene rings is 2. The number of ether oxygens (including phenoxy) is 2. The molecule has 0 saturated carbocycles. The van der Waals surface area contributed by atoms with Gasteiger partial charge in [0.2, 0.25) is 11.8 Å². The molecule has 4 aromatic rings. The Labute approximate surface area is 260 Å². The number of amides is 4. The maximum absolute atomic E-state index is 14.4. The summed E-state index contributed by atoms with van der Waals surface area (Å²) in [6, 6.07) is 18.3. The van der Waals surface area contributed by atoms with Gasteiger partial charge in [-0.15, -0.1) is 22.7 Å². The van der Waals surface area contributed by atoms with Gasteiger partial charge in [-0.25, -0.2) is 19.8 Å². The summed E-state index contributed by atoms with van der Waals surface area (Å²) in [4.78, 5) is 61.6. The third-order valence-corrected chi connectivity index (χ3v) is 10.9. The topological polar surface area (TPSA) is 99.7 Å². The Kier molecular flexibility index (Phi) is 6.24. The average molecular weight is 627 g/mol. The minimum atomic E-state index is -0.885. The van der Waals surface area contributed by atoms with E-state index in [0.717, 1.165) is 9.75 Å². The summed E-state index contributed by atoms with van der Waals surface area (Å²) in [5.74, 6) is -1.73. The van der Waals surface area contributed by atoms with Crippen LogP contribution in [0, 0.1) is 11.8 Å². The van der Waals surface area contributed by atoms with Gasteiger partial charge in [0.1, 0.15) is 23.6 Å². The zero-order valence-electron chi connectivity index (χ0n) is 23.6. The van der Waals surface area contributed by atoms with Crippen LogP contribution in [0.4, 0.5) is 11.4 Å². The molecule has 44 heavy (non-hydrogen) atoms. The van der Waals surface area contributed by atoms with E-state index >= 15 is 0 Å². The molecule has 6 atom stereocenters. The zero-order chi connectivity index (χ0) is 30.3. The van der Waals surface area contributed by atoms with Crippen molar-refractivity contribution in [1.29, 1.82) is 0 Å². The lowest BCUT2D eigenvalue weighted by Crippen LogP contribution is -2.50. The van der Waals surface area contributed by atoms with Gasteiger partial charge in [-0.05, 0) is 71.4 Å². The van der Waals surface area contributed by atoms with Gasteiger partial charge in [0.15, 0.2) is 0 Å². The molecule has 12 heteroatoms. The van der Waals surface area contributed by atoms with Crippen molar-refractivity contribution in [3.05, 3.63) is 93.3 Å². The van der Waals surface area contributed by atoms with Crippen molar-refractivity contribution >= 4 is 57.7 Å². The van der Waals surface area contributed by atoms with E-state index in [1.807, 2.05) is 45.0 Å². The summed E-state index contributed by atoms with van der Waals surface area (Å²) in [6.45, 7) is 0. The summed E-state index contributed by atoms with van der Waals surface area (Å²) in [5, 5.41) is 7.62. The van der Waals surface area contributed by atoms with Gasteiger partial charge in [-0.1, -0.05) is 12.1 Å². The van der Waals surface area contributed by atoms with Crippen LogP contribution in [0.1, 0.15) is 21.8 Å². The Balaban J connectivity index is 1.27. The first kappa shape index (κ1) is 27.2. The molecule has 0 bridgehead atoms. The van der Waals surface area contributed by atoms with E-state index < -0.39 is 36.0 Å². The first-order valence-electron chi connectivity index (χ1n) is 14.1. The van der Waals surface area contributed by atoms with E-state index in [9.17, 15) is 19.2 Å². The fourth-order valence-corrected chi connectivity index (χ4v) is 9.01. The number of fused-ring (bicyclic) bond motifs is 5. The summed E-state index contributed by atoms with van der Waals surface area (Å²) in [7, 11) is 3.11. The largest absolute Gasteiger partial charge is 0.497 e. The summed E-state index contributed by atoms with van der Waals surface area (Å²) >= 11 is 2.94. The van der Waals surface area contributed by atoms with Crippen LogP contribution in [-0.2, 0) is 19.2 Å². The van der Waals surface area contributed by atoms with Gasteiger partial charge < -0.3 is 9.47 Å². The number of rotatable bonds is 6. The molecular weight excluding hydrogens is 601 g/mol. The fourth-order valence-electron chi connectivity index (χ4n) is 7.28. The highest BCUT2D eigenvalue weighted by atomic mass is 32.1. The number of nitrogens with zero attached hydrogens (tertiary/aromatic N) is 4. The monoisotopic (exact) mass is 626 g/mol. The molecule has 2 aromatic heterocycles. The Morgan fingerprint density at radius 3 is 1.23 bits per heavy atom. The third-order valence-electron chi connectivity index (χ3n) is 9.06. The van der Waals surface area contributed by atoms with E-state index in [-0.39, 0.29) is 23.6 Å². The van der Waals surface area contributed by atoms with Gasteiger partial charge >= 0.3 is 0 Å². The van der Waals surface area contributed by atoms with Crippen LogP contribution in [0.25, 0.3) is 0 Å². The molecule has 222 valence electrons. The molecule has 4 aliphatic rings.